The van der Waals surface area contributed by atoms with E-state index in [4.69, 9.17) is 18.9 Å². The van der Waals surface area contributed by atoms with Crippen LogP contribution in [0, 0.1) is 52.3 Å². The first kappa shape index (κ1) is 57.8. The third-order valence-corrected chi connectivity index (χ3v) is 24.9. The minimum atomic E-state index is -1.24. The predicted molar refractivity (Wildman–Crippen MR) is 342 cm³/mol. The third kappa shape index (κ3) is 9.96. The summed E-state index contributed by atoms with van der Waals surface area (Å²) in [5.74, 6) is 6.15. The molecule has 13 atom stereocenters. The number of phenolic OH excluding ortho intramolecular Hbond substituents is 3. The summed E-state index contributed by atoms with van der Waals surface area (Å²) in [6, 6.07) is 34.4. The van der Waals surface area contributed by atoms with Gasteiger partial charge in [-0.2, -0.15) is 0 Å². The van der Waals surface area contributed by atoms with E-state index in [1.165, 1.54) is 28.9 Å². The summed E-state index contributed by atoms with van der Waals surface area (Å²) in [6.45, 7) is 2.78. The number of benzene rings is 6. The Bertz CT molecular complexity index is 3880. The molecule has 6 aromatic rings. The molecular formula is C74H77NO11S2. The van der Waals surface area contributed by atoms with Crippen LogP contribution < -0.4 is 14.8 Å². The van der Waals surface area contributed by atoms with Crippen LogP contribution in [-0.4, -0.2) is 87.2 Å². The Morgan fingerprint density at radius 3 is 2.53 bits per heavy atom. The van der Waals surface area contributed by atoms with Crippen LogP contribution in [-0.2, 0) is 50.3 Å². The SMILES string of the molecule is COc1cc2c(cc1O)[C@H]1C[C@H](O)[C@H]3Cc4cc(O)c5cc4[C@@H]4C[C@@H](C[C@@H](OC(C)=O)[C@@H](C2)[C@]1(C1=Cc2ccccc2CC1)[C@@H]34)OC(=O)[C@]12C[C@H](C#CC3(CCCC3)CNCc3cccc(c3)-c3cc(O)cc4ccc1cc34)C[C@H](CSS[C@H](O)CO5)C2. The molecular weight excluding hydrogens is 1140 g/mol. The van der Waals surface area contributed by atoms with Crippen LogP contribution in [0.15, 0.2) is 109 Å². The van der Waals surface area contributed by atoms with Gasteiger partial charge in [-0.3, -0.25) is 9.59 Å². The molecule has 0 aromatic heterocycles. The Labute approximate surface area is 522 Å². The van der Waals surface area contributed by atoms with E-state index < -0.39 is 52.4 Å². The van der Waals surface area contributed by atoms with Gasteiger partial charge in [-0.05, 0) is 215 Å². The Balaban J connectivity index is 0.957. The zero-order valence-corrected chi connectivity index (χ0v) is 51.6. The molecule has 12 nitrogen and oxygen atoms in total. The molecule has 6 N–H and O–H groups in total. The standard InChI is InChI=1S/C74H77NO11S2/c1-41(76)85-66-31-54-30-59-57-33-68(64(79)26-49(57)24-60-63(78)34-61-58-32-65(80)67(83-2)27-50(58)25-62(66)74(61,70(59)60)52-15-12-45-9-3-4-10-46(45)22-52)84-38-69(81)88-87-39-44-20-42-16-19-72(17-5-6-18-72)40-75-37-43-8-7-11-47(21-43)56-29-53(77)23-48-13-14-51(28-55(48)56)73(35-42,36-44)71(82)86-54/h3-4,7-11,13-14,21-23,26-29,32-33,42,44,54,59-63,66,69-70,75,77-81H,5-6,12,15,17-18,20,24-25,30-31,34-40H2,1-2H3/t42-,44+,54+,59+,60-,61-,62-,63+,66-,69+,70-,73+,74-/m1/s1. The van der Waals surface area contributed by atoms with Gasteiger partial charge in [0.1, 0.15) is 30.0 Å². The van der Waals surface area contributed by atoms with Gasteiger partial charge in [0, 0.05) is 54.9 Å². The highest BCUT2D eigenvalue weighted by Gasteiger charge is 2.68. The average Bonchev–Trinajstić information content (AvgIpc) is 0.701. The maximum atomic E-state index is 17.0. The summed E-state index contributed by atoms with van der Waals surface area (Å²) in [6.07, 6.45) is 8.89. The van der Waals surface area contributed by atoms with Crippen molar-refractivity contribution in [2.24, 2.45) is 40.4 Å². The molecule has 0 radical (unpaired) electrons. The Morgan fingerprint density at radius 1 is 0.830 bits per heavy atom. The Kier molecular flexibility index (Phi) is 14.9. The molecule has 4 saturated carbocycles. The number of phenols is 3. The molecule has 456 valence electrons. The van der Waals surface area contributed by atoms with E-state index in [0.29, 0.717) is 63.0 Å². The zero-order chi connectivity index (χ0) is 60.2. The second kappa shape index (κ2) is 22.7. The van der Waals surface area contributed by atoms with Gasteiger partial charge >= 0.3 is 11.9 Å². The fourth-order valence-corrected chi connectivity index (χ4v) is 21.1. The molecule has 0 saturated heterocycles. The molecule has 15 rings (SSSR count). The average molecular weight is 1220 g/mol. The number of aromatic hydroxyl groups is 3. The van der Waals surface area contributed by atoms with E-state index in [1.54, 1.807) is 30.0 Å². The number of hydrogen-bond donors (Lipinski definition) is 6. The minimum Gasteiger partial charge on any atom is -0.508 e. The first-order valence-electron chi connectivity index (χ1n) is 32.0. The van der Waals surface area contributed by atoms with Crippen molar-refractivity contribution in [1.29, 1.82) is 0 Å². The predicted octanol–water partition coefficient (Wildman–Crippen LogP) is 13.0. The number of nitrogens with one attached hydrogen (secondary N) is 1. The molecule has 88 heavy (non-hydrogen) atoms. The normalized spacial score (nSPS) is 31.9. The van der Waals surface area contributed by atoms with Crippen LogP contribution in [0.3, 0.4) is 0 Å². The zero-order valence-electron chi connectivity index (χ0n) is 50.0. The van der Waals surface area contributed by atoms with Crippen molar-refractivity contribution in [3.05, 3.63) is 153 Å². The first-order chi connectivity index (χ1) is 42.7. The van der Waals surface area contributed by atoms with Crippen LogP contribution in [0.4, 0.5) is 0 Å². The highest BCUT2D eigenvalue weighted by molar-refractivity contribution is 8.76. The van der Waals surface area contributed by atoms with Gasteiger partial charge in [0.05, 0.1) is 18.6 Å². The maximum Gasteiger partial charge on any atom is 0.316 e. The number of aryl methyl sites for hydroxylation is 1. The van der Waals surface area contributed by atoms with E-state index in [2.05, 4.69) is 83.9 Å². The van der Waals surface area contributed by atoms with E-state index in [-0.39, 0.29) is 77.0 Å². The summed E-state index contributed by atoms with van der Waals surface area (Å²) in [7, 11) is 4.43. The number of esters is 2. The van der Waals surface area contributed by atoms with E-state index in [0.717, 1.165) is 106 Å². The van der Waals surface area contributed by atoms with Crippen LogP contribution in [0.5, 0.6) is 28.7 Å². The van der Waals surface area contributed by atoms with Gasteiger partial charge in [0.25, 0.3) is 0 Å². The topological polar surface area (TPSA) is 184 Å². The lowest BCUT2D eigenvalue weighted by atomic mass is 9.38. The van der Waals surface area contributed by atoms with Gasteiger partial charge in [-0.1, -0.05) is 113 Å². The number of carbonyl (C=O) groups is 2. The second-order valence-corrected chi connectivity index (χ2v) is 29.9. The highest BCUT2D eigenvalue weighted by Crippen LogP contribution is 2.72. The number of methoxy groups -OCH3 is 1. The summed E-state index contributed by atoms with van der Waals surface area (Å²) in [4.78, 5) is 31.2. The summed E-state index contributed by atoms with van der Waals surface area (Å²) in [5.41, 5.74) is 7.78. The van der Waals surface area contributed by atoms with E-state index >= 15 is 4.79 Å². The van der Waals surface area contributed by atoms with Crippen molar-refractivity contribution in [2.45, 2.75) is 144 Å². The molecule has 6 aromatic carbocycles. The minimum absolute atomic E-state index is 0.0145. The van der Waals surface area contributed by atoms with E-state index in [1.807, 2.05) is 30.3 Å². The summed E-state index contributed by atoms with van der Waals surface area (Å²) < 4.78 is 26.8. The fourth-order valence-electron chi connectivity index (χ4n) is 18.9. The molecule has 0 amide bonds. The molecule has 4 fully saturated rings. The molecule has 11 bridgehead atoms. The monoisotopic (exact) mass is 1220 g/mol. The Morgan fingerprint density at radius 2 is 1.68 bits per heavy atom. The fraction of sp³-hybridized carbons (Fsp3) is 0.459. The van der Waals surface area contributed by atoms with E-state index in [9.17, 15) is 30.3 Å². The van der Waals surface area contributed by atoms with Crippen molar-refractivity contribution < 1.29 is 54.1 Å². The number of carbonyl (C=O) groups excluding carboxylic acids is 2. The lowest BCUT2D eigenvalue weighted by molar-refractivity contribution is -0.181. The number of aliphatic hydroxyl groups is 2. The molecule has 2 heterocycles. The maximum absolute atomic E-state index is 17.0. The largest absolute Gasteiger partial charge is 0.508 e. The van der Waals surface area contributed by atoms with Gasteiger partial charge in [0.2, 0.25) is 0 Å². The molecule has 14 heteroatoms. The van der Waals surface area contributed by atoms with Gasteiger partial charge in [-0.15, -0.1) is 0 Å². The summed E-state index contributed by atoms with van der Waals surface area (Å²) in [5, 5.41) is 65.6. The lowest BCUT2D eigenvalue weighted by Crippen LogP contribution is -2.64. The molecule has 2 spiro atoms. The molecule has 0 unspecified atom stereocenters. The highest BCUT2D eigenvalue weighted by atomic mass is 33.1. The number of aliphatic hydroxyl groups excluding tert-OH is 2. The van der Waals surface area contributed by atoms with Crippen LogP contribution in [0.2, 0.25) is 0 Å². The number of hydrogen-bond acceptors (Lipinski definition) is 14. The van der Waals surface area contributed by atoms with Crippen molar-refractivity contribution in [3.8, 4) is 51.7 Å². The van der Waals surface area contributed by atoms with Crippen LogP contribution in [0.25, 0.3) is 28.0 Å². The van der Waals surface area contributed by atoms with Crippen molar-refractivity contribution >= 4 is 50.4 Å². The number of allylic oxidation sites excluding steroid dienone is 1. The van der Waals surface area contributed by atoms with Crippen molar-refractivity contribution in [3.63, 3.8) is 0 Å². The number of rotatable bonds is 3. The second-order valence-electron chi connectivity index (χ2n) is 27.3. The smallest absolute Gasteiger partial charge is 0.316 e. The summed E-state index contributed by atoms with van der Waals surface area (Å²) >= 11 is 0. The van der Waals surface area contributed by atoms with Gasteiger partial charge in [0.15, 0.2) is 23.0 Å². The number of fused-ring (bicyclic) bond motifs is 11. The number of ether oxygens (including phenoxy) is 4. The van der Waals surface area contributed by atoms with Gasteiger partial charge in [-0.25, -0.2) is 0 Å². The van der Waals surface area contributed by atoms with Crippen LogP contribution in [0.1, 0.15) is 134 Å². The quantitative estimate of drug-likeness (QED) is 0.0559. The van der Waals surface area contributed by atoms with Gasteiger partial charge < -0.3 is 49.8 Å². The van der Waals surface area contributed by atoms with Crippen molar-refractivity contribution in [1.82, 2.24) is 5.32 Å². The molecule has 9 aliphatic rings. The Hall–Kier alpha value is -6.60. The molecule has 2 aliphatic heterocycles. The van der Waals surface area contributed by atoms with Crippen LogP contribution >= 0.6 is 21.6 Å². The third-order valence-electron chi connectivity index (χ3n) is 22.3. The lowest BCUT2D eigenvalue weighted by Gasteiger charge is -2.66. The molecule has 7 aliphatic carbocycles. The first-order valence-corrected chi connectivity index (χ1v) is 34.4. The van der Waals surface area contributed by atoms with Crippen molar-refractivity contribution in [2.75, 3.05) is 26.0 Å².